The quantitative estimate of drug-likeness (QED) is 0.740. The molecule has 0 aromatic carbocycles. The maximum atomic E-state index is 11.9. The molecule has 0 aromatic heterocycles. The van der Waals surface area contributed by atoms with Crippen molar-refractivity contribution in [3.63, 3.8) is 0 Å². The molecule has 2 fully saturated rings. The topological polar surface area (TPSA) is 66.4 Å². The summed E-state index contributed by atoms with van der Waals surface area (Å²) in [6.45, 7) is 4.48. The van der Waals surface area contributed by atoms with Gasteiger partial charge in [-0.1, -0.05) is 13.8 Å². The van der Waals surface area contributed by atoms with Crippen LogP contribution >= 0.6 is 0 Å². The second-order valence-corrected chi connectivity index (χ2v) is 6.30. The predicted octanol–water partition coefficient (Wildman–Crippen LogP) is 1.94. The van der Waals surface area contributed by atoms with E-state index in [-0.39, 0.29) is 11.9 Å². The number of amides is 1. The summed E-state index contributed by atoms with van der Waals surface area (Å²) in [4.78, 5) is 22.9. The Hall–Kier alpha value is -1.06. The predicted molar refractivity (Wildman–Crippen MR) is 63.5 cm³/mol. The van der Waals surface area contributed by atoms with E-state index in [1.165, 1.54) is 0 Å². The summed E-state index contributed by atoms with van der Waals surface area (Å²) in [6, 6.07) is 0.173. The van der Waals surface area contributed by atoms with E-state index >= 15 is 0 Å². The molecule has 96 valence electrons. The van der Waals surface area contributed by atoms with E-state index < -0.39 is 11.4 Å². The van der Waals surface area contributed by atoms with E-state index in [4.69, 9.17) is 5.11 Å². The van der Waals surface area contributed by atoms with Crippen LogP contribution < -0.4 is 5.32 Å². The second-order valence-electron chi connectivity index (χ2n) is 6.30. The molecule has 2 rings (SSSR count). The van der Waals surface area contributed by atoms with Crippen LogP contribution in [0.4, 0.5) is 0 Å². The van der Waals surface area contributed by atoms with Crippen LogP contribution in [0, 0.1) is 10.8 Å². The van der Waals surface area contributed by atoms with E-state index in [2.05, 4.69) is 19.2 Å². The van der Waals surface area contributed by atoms with Gasteiger partial charge in [-0.3, -0.25) is 9.59 Å². The normalized spacial score (nSPS) is 26.2. The number of carbonyl (C=O) groups is 2. The maximum Gasteiger partial charge on any atom is 0.319 e. The van der Waals surface area contributed by atoms with Crippen LogP contribution in [-0.2, 0) is 9.59 Å². The van der Waals surface area contributed by atoms with Crippen LogP contribution in [0.5, 0.6) is 0 Å². The summed E-state index contributed by atoms with van der Waals surface area (Å²) >= 11 is 0. The molecule has 0 spiro atoms. The van der Waals surface area contributed by atoms with Crippen molar-refractivity contribution in [3.8, 4) is 0 Å². The fourth-order valence-corrected chi connectivity index (χ4v) is 2.53. The van der Waals surface area contributed by atoms with Gasteiger partial charge in [0.2, 0.25) is 5.91 Å². The molecule has 2 N–H and O–H groups in total. The Bertz CT molecular complexity index is 335. The summed E-state index contributed by atoms with van der Waals surface area (Å²) in [5.41, 5.74) is -0.724. The maximum absolute atomic E-state index is 11.9. The Labute approximate surface area is 102 Å². The number of carboxylic acid groups (broad SMARTS) is 1. The zero-order chi connectivity index (χ0) is 12.7. The minimum Gasteiger partial charge on any atom is -0.480 e. The van der Waals surface area contributed by atoms with Crippen LogP contribution in [0.25, 0.3) is 0 Å². The molecule has 2 aliphatic rings. The third-order valence-corrected chi connectivity index (χ3v) is 4.27. The molecular formula is C13H21NO3. The van der Waals surface area contributed by atoms with Gasteiger partial charge >= 0.3 is 5.97 Å². The summed E-state index contributed by atoms with van der Waals surface area (Å²) in [5.74, 6) is -1.24. The molecule has 0 radical (unpaired) electrons. The number of carbonyl (C=O) groups excluding carboxylic acids is 1. The first-order valence-corrected chi connectivity index (χ1v) is 6.40. The minimum atomic E-state index is -1.09. The van der Waals surface area contributed by atoms with Gasteiger partial charge in [0.05, 0.1) is 0 Å². The van der Waals surface area contributed by atoms with Crippen molar-refractivity contribution in [2.75, 3.05) is 0 Å². The second kappa shape index (κ2) is 4.00. The lowest BCUT2D eigenvalue weighted by Crippen LogP contribution is -2.45. The first-order valence-electron chi connectivity index (χ1n) is 6.40. The molecule has 0 saturated heterocycles. The zero-order valence-electron chi connectivity index (χ0n) is 10.6. The molecule has 4 nitrogen and oxygen atoms in total. The van der Waals surface area contributed by atoms with Crippen LogP contribution in [0.3, 0.4) is 0 Å². The molecule has 4 heteroatoms. The van der Waals surface area contributed by atoms with Crippen molar-refractivity contribution in [2.24, 2.45) is 10.8 Å². The monoisotopic (exact) mass is 239 g/mol. The summed E-state index contributed by atoms with van der Waals surface area (Å²) < 4.78 is 0. The van der Waals surface area contributed by atoms with Gasteiger partial charge < -0.3 is 10.4 Å². The van der Waals surface area contributed by atoms with Crippen LogP contribution in [0.2, 0.25) is 0 Å². The third-order valence-electron chi connectivity index (χ3n) is 4.27. The van der Waals surface area contributed by atoms with Crippen LogP contribution in [0.15, 0.2) is 0 Å². The summed E-state index contributed by atoms with van der Waals surface area (Å²) in [6.07, 6.45) is 5.11. The molecular weight excluding hydrogens is 218 g/mol. The molecule has 0 heterocycles. The Kier molecular flexibility index (Phi) is 2.92. The highest BCUT2D eigenvalue weighted by Crippen LogP contribution is 2.46. The van der Waals surface area contributed by atoms with Gasteiger partial charge in [-0.2, -0.15) is 0 Å². The van der Waals surface area contributed by atoms with E-state index in [0.717, 1.165) is 25.7 Å². The van der Waals surface area contributed by atoms with E-state index in [1.54, 1.807) is 0 Å². The SMILES string of the molecule is CC1(C)CCC(NC(=O)C2(C(=O)O)CC2)CC1. The summed E-state index contributed by atoms with van der Waals surface area (Å²) in [5, 5.41) is 11.9. The number of hydrogen-bond donors (Lipinski definition) is 2. The standard InChI is InChI=1S/C13H21NO3/c1-12(2)5-3-9(4-6-12)14-10(15)13(7-8-13)11(16)17/h9H,3-8H2,1-2H3,(H,14,15)(H,16,17). The van der Waals surface area contributed by atoms with Crippen molar-refractivity contribution < 1.29 is 14.7 Å². The number of rotatable bonds is 3. The lowest BCUT2D eigenvalue weighted by atomic mass is 9.75. The van der Waals surface area contributed by atoms with Crippen LogP contribution in [-0.4, -0.2) is 23.0 Å². The number of hydrogen-bond acceptors (Lipinski definition) is 2. The van der Waals surface area contributed by atoms with Crippen molar-refractivity contribution in [2.45, 2.75) is 58.4 Å². The Morgan fingerprint density at radius 2 is 1.65 bits per heavy atom. The lowest BCUT2D eigenvalue weighted by molar-refractivity contribution is -0.149. The smallest absolute Gasteiger partial charge is 0.319 e. The lowest BCUT2D eigenvalue weighted by Gasteiger charge is -2.35. The van der Waals surface area contributed by atoms with Gasteiger partial charge in [0, 0.05) is 6.04 Å². The van der Waals surface area contributed by atoms with Gasteiger partial charge in [0.25, 0.3) is 0 Å². The van der Waals surface area contributed by atoms with E-state index in [0.29, 0.717) is 18.3 Å². The highest BCUT2D eigenvalue weighted by Gasteiger charge is 2.57. The largest absolute Gasteiger partial charge is 0.480 e. The molecule has 0 aromatic rings. The van der Waals surface area contributed by atoms with E-state index in [9.17, 15) is 9.59 Å². The number of nitrogens with one attached hydrogen (secondary N) is 1. The zero-order valence-corrected chi connectivity index (χ0v) is 10.6. The third kappa shape index (κ3) is 2.45. The van der Waals surface area contributed by atoms with Crippen molar-refractivity contribution in [1.82, 2.24) is 5.32 Å². The van der Waals surface area contributed by atoms with Gasteiger partial charge in [0.1, 0.15) is 5.41 Å². The van der Waals surface area contributed by atoms with Gasteiger partial charge in [0.15, 0.2) is 0 Å². The molecule has 17 heavy (non-hydrogen) atoms. The van der Waals surface area contributed by atoms with Crippen molar-refractivity contribution >= 4 is 11.9 Å². The highest BCUT2D eigenvalue weighted by molar-refractivity contribution is 6.04. The summed E-state index contributed by atoms with van der Waals surface area (Å²) in [7, 11) is 0. The molecule has 0 bridgehead atoms. The average Bonchev–Trinajstić information content (AvgIpc) is 3.02. The molecule has 0 unspecified atom stereocenters. The Balaban J connectivity index is 1.87. The molecule has 1 amide bonds. The molecule has 2 saturated carbocycles. The molecule has 0 atom stereocenters. The van der Waals surface area contributed by atoms with E-state index in [1.807, 2.05) is 0 Å². The first-order chi connectivity index (χ1) is 7.86. The van der Waals surface area contributed by atoms with Crippen molar-refractivity contribution in [3.05, 3.63) is 0 Å². The van der Waals surface area contributed by atoms with Crippen LogP contribution in [0.1, 0.15) is 52.4 Å². The van der Waals surface area contributed by atoms with Gasteiger partial charge in [-0.15, -0.1) is 0 Å². The molecule has 0 aliphatic heterocycles. The highest BCUT2D eigenvalue weighted by atomic mass is 16.4. The Morgan fingerprint density at radius 1 is 1.12 bits per heavy atom. The van der Waals surface area contributed by atoms with Crippen molar-refractivity contribution in [1.29, 1.82) is 0 Å². The fourth-order valence-electron chi connectivity index (χ4n) is 2.53. The van der Waals surface area contributed by atoms with Gasteiger partial charge in [-0.25, -0.2) is 0 Å². The Morgan fingerprint density at radius 3 is 2.06 bits per heavy atom. The average molecular weight is 239 g/mol. The number of carboxylic acids is 1. The number of aliphatic carboxylic acids is 1. The molecule has 2 aliphatic carbocycles. The van der Waals surface area contributed by atoms with Gasteiger partial charge in [-0.05, 0) is 43.9 Å². The fraction of sp³-hybridized carbons (Fsp3) is 0.846. The minimum absolute atomic E-state index is 0.173. The first kappa shape index (κ1) is 12.4.